The normalized spacial score (nSPS) is 11.3. The molecule has 1 rings (SSSR count). The first-order chi connectivity index (χ1) is 8.38. The lowest BCUT2D eigenvalue weighted by Crippen LogP contribution is -2.29. The number of ether oxygens (including phenoxy) is 1. The van der Waals surface area contributed by atoms with E-state index in [4.69, 9.17) is 5.73 Å². The molecule has 0 aliphatic carbocycles. The van der Waals surface area contributed by atoms with Crippen molar-refractivity contribution in [2.24, 2.45) is 0 Å². The van der Waals surface area contributed by atoms with Gasteiger partial charge in [0.25, 0.3) is 5.91 Å². The summed E-state index contributed by atoms with van der Waals surface area (Å²) in [6.07, 6.45) is -2.99. The molecule has 0 bridgehead atoms. The highest BCUT2D eigenvalue weighted by molar-refractivity contribution is 5.94. The van der Waals surface area contributed by atoms with Gasteiger partial charge in [-0.15, -0.1) is 0 Å². The number of amides is 1. The number of nitrogen functional groups attached to an aromatic ring is 1. The van der Waals surface area contributed by atoms with Crippen molar-refractivity contribution in [3.05, 3.63) is 23.9 Å². The predicted molar refractivity (Wildman–Crippen MR) is 57.9 cm³/mol. The van der Waals surface area contributed by atoms with Gasteiger partial charge in [0.1, 0.15) is 12.4 Å². The number of anilines is 1. The molecule has 5 nitrogen and oxygen atoms in total. The Morgan fingerprint density at radius 3 is 2.83 bits per heavy atom. The highest BCUT2D eigenvalue weighted by Gasteiger charge is 2.27. The van der Waals surface area contributed by atoms with Crippen LogP contribution in [0.1, 0.15) is 10.4 Å². The first-order valence-corrected chi connectivity index (χ1v) is 5.03. The Labute approximate surface area is 101 Å². The second kappa shape index (κ2) is 6.20. The third-order valence-electron chi connectivity index (χ3n) is 1.84. The summed E-state index contributed by atoms with van der Waals surface area (Å²) in [6.45, 7) is -1.56. The van der Waals surface area contributed by atoms with Crippen LogP contribution >= 0.6 is 0 Å². The zero-order valence-corrected chi connectivity index (χ0v) is 9.33. The van der Waals surface area contributed by atoms with Crippen LogP contribution in [0.25, 0.3) is 0 Å². The number of nitrogens with one attached hydrogen (secondary N) is 1. The van der Waals surface area contributed by atoms with Crippen LogP contribution in [0.5, 0.6) is 0 Å². The molecule has 1 heterocycles. The minimum atomic E-state index is -4.36. The minimum Gasteiger partial charge on any atom is -0.384 e. The predicted octanol–water partition coefficient (Wildman–Crippen LogP) is 0.973. The number of alkyl halides is 3. The average Bonchev–Trinajstić information content (AvgIpc) is 2.26. The summed E-state index contributed by atoms with van der Waals surface area (Å²) in [7, 11) is 0. The summed E-state index contributed by atoms with van der Waals surface area (Å²) in [5, 5.41) is 2.40. The molecule has 0 spiro atoms. The number of aromatic nitrogens is 1. The fourth-order valence-electron chi connectivity index (χ4n) is 1.12. The highest BCUT2D eigenvalue weighted by atomic mass is 19.4. The Hall–Kier alpha value is -1.83. The lowest BCUT2D eigenvalue weighted by atomic mass is 10.2. The van der Waals surface area contributed by atoms with Gasteiger partial charge in [-0.25, -0.2) is 4.98 Å². The molecular weight excluding hydrogens is 251 g/mol. The summed E-state index contributed by atoms with van der Waals surface area (Å²) in [4.78, 5) is 15.2. The second-order valence-electron chi connectivity index (χ2n) is 3.39. The van der Waals surface area contributed by atoms with Crippen LogP contribution in [0.15, 0.2) is 18.3 Å². The fraction of sp³-hybridized carbons (Fsp3) is 0.400. The second-order valence-corrected chi connectivity index (χ2v) is 3.39. The Morgan fingerprint density at radius 2 is 2.22 bits per heavy atom. The Morgan fingerprint density at radius 1 is 1.50 bits per heavy atom. The van der Waals surface area contributed by atoms with Crippen molar-refractivity contribution in [2.75, 3.05) is 25.5 Å². The molecular formula is C10H12F3N3O2. The SMILES string of the molecule is Nc1cc(C(=O)NCCOCC(F)(F)F)ccn1. The monoisotopic (exact) mass is 263 g/mol. The molecule has 3 N–H and O–H groups in total. The van der Waals surface area contributed by atoms with E-state index in [1.54, 1.807) is 0 Å². The zero-order valence-electron chi connectivity index (χ0n) is 9.33. The number of nitrogens with zero attached hydrogens (tertiary/aromatic N) is 1. The number of halogens is 3. The van der Waals surface area contributed by atoms with Gasteiger partial charge in [-0.2, -0.15) is 13.2 Å². The number of hydrogen-bond acceptors (Lipinski definition) is 4. The van der Waals surface area contributed by atoms with Crippen LogP contribution in [-0.4, -0.2) is 36.8 Å². The molecule has 0 aliphatic rings. The molecule has 0 unspecified atom stereocenters. The lowest BCUT2D eigenvalue weighted by Gasteiger charge is -2.08. The fourth-order valence-corrected chi connectivity index (χ4v) is 1.12. The number of rotatable bonds is 5. The van der Waals surface area contributed by atoms with Crippen LogP contribution in [0.4, 0.5) is 19.0 Å². The van der Waals surface area contributed by atoms with Crippen molar-refractivity contribution in [3.63, 3.8) is 0 Å². The summed E-state index contributed by atoms with van der Waals surface area (Å²) >= 11 is 0. The summed E-state index contributed by atoms with van der Waals surface area (Å²) in [5.74, 6) is -0.254. The Kier molecular flexibility index (Phi) is 4.90. The molecule has 0 radical (unpaired) electrons. The van der Waals surface area contributed by atoms with E-state index < -0.39 is 18.7 Å². The quantitative estimate of drug-likeness (QED) is 0.776. The van der Waals surface area contributed by atoms with E-state index in [-0.39, 0.29) is 19.0 Å². The van der Waals surface area contributed by atoms with E-state index >= 15 is 0 Å². The van der Waals surface area contributed by atoms with Gasteiger partial charge in [0, 0.05) is 18.3 Å². The highest BCUT2D eigenvalue weighted by Crippen LogP contribution is 2.13. The molecule has 1 amide bonds. The first kappa shape index (κ1) is 14.2. The zero-order chi connectivity index (χ0) is 13.6. The average molecular weight is 263 g/mol. The van der Waals surface area contributed by atoms with Gasteiger partial charge >= 0.3 is 6.18 Å². The van der Waals surface area contributed by atoms with E-state index in [1.807, 2.05) is 0 Å². The van der Waals surface area contributed by atoms with Crippen LogP contribution < -0.4 is 11.1 Å². The Bertz CT molecular complexity index is 410. The van der Waals surface area contributed by atoms with Gasteiger partial charge in [0.05, 0.1) is 6.61 Å². The van der Waals surface area contributed by atoms with Gasteiger partial charge in [0.15, 0.2) is 0 Å². The maximum atomic E-state index is 11.7. The summed E-state index contributed by atoms with van der Waals surface area (Å²) < 4.78 is 39.5. The van der Waals surface area contributed by atoms with Crippen LogP contribution in [0, 0.1) is 0 Å². The molecule has 0 atom stereocenters. The molecule has 0 saturated heterocycles. The smallest absolute Gasteiger partial charge is 0.384 e. The third-order valence-corrected chi connectivity index (χ3v) is 1.84. The molecule has 0 aliphatic heterocycles. The van der Waals surface area contributed by atoms with E-state index in [1.165, 1.54) is 18.3 Å². The van der Waals surface area contributed by atoms with E-state index in [2.05, 4.69) is 15.0 Å². The van der Waals surface area contributed by atoms with Crippen molar-refractivity contribution in [1.82, 2.24) is 10.3 Å². The largest absolute Gasteiger partial charge is 0.411 e. The maximum Gasteiger partial charge on any atom is 0.411 e. The molecule has 0 aromatic carbocycles. The molecule has 0 fully saturated rings. The lowest BCUT2D eigenvalue weighted by molar-refractivity contribution is -0.173. The summed E-state index contributed by atoms with van der Waals surface area (Å²) in [5.41, 5.74) is 5.67. The first-order valence-electron chi connectivity index (χ1n) is 5.03. The number of hydrogen-bond donors (Lipinski definition) is 2. The van der Waals surface area contributed by atoms with Crippen LogP contribution in [-0.2, 0) is 4.74 Å². The van der Waals surface area contributed by atoms with Crippen molar-refractivity contribution in [2.45, 2.75) is 6.18 Å². The standard InChI is InChI=1S/C10H12F3N3O2/c11-10(12,13)6-18-4-3-16-9(17)7-1-2-15-8(14)5-7/h1-2,5H,3-4,6H2,(H2,14,15)(H,16,17). The van der Waals surface area contributed by atoms with Crippen LogP contribution in [0.2, 0.25) is 0 Å². The third kappa shape index (κ3) is 5.48. The summed E-state index contributed by atoms with van der Waals surface area (Å²) in [6, 6.07) is 2.81. The molecule has 100 valence electrons. The minimum absolute atomic E-state index is 0.0167. The van der Waals surface area contributed by atoms with Crippen molar-refractivity contribution >= 4 is 11.7 Å². The van der Waals surface area contributed by atoms with Gasteiger partial charge in [-0.05, 0) is 12.1 Å². The number of nitrogens with two attached hydrogens (primary N) is 1. The number of pyridine rings is 1. The van der Waals surface area contributed by atoms with E-state index in [0.29, 0.717) is 5.56 Å². The molecule has 0 saturated carbocycles. The Balaban J connectivity index is 2.26. The van der Waals surface area contributed by atoms with E-state index in [9.17, 15) is 18.0 Å². The van der Waals surface area contributed by atoms with Gasteiger partial charge in [-0.3, -0.25) is 4.79 Å². The molecule has 8 heteroatoms. The van der Waals surface area contributed by atoms with Crippen molar-refractivity contribution < 1.29 is 22.7 Å². The molecule has 18 heavy (non-hydrogen) atoms. The van der Waals surface area contributed by atoms with Crippen molar-refractivity contribution in [1.29, 1.82) is 0 Å². The molecule has 1 aromatic rings. The van der Waals surface area contributed by atoms with Crippen LogP contribution in [0.3, 0.4) is 0 Å². The molecule has 1 aromatic heterocycles. The van der Waals surface area contributed by atoms with Gasteiger partial charge in [-0.1, -0.05) is 0 Å². The van der Waals surface area contributed by atoms with E-state index in [0.717, 1.165) is 0 Å². The topological polar surface area (TPSA) is 77.2 Å². The van der Waals surface area contributed by atoms with Gasteiger partial charge in [0.2, 0.25) is 0 Å². The number of carbonyl (C=O) groups excluding carboxylic acids is 1. The van der Waals surface area contributed by atoms with Gasteiger partial charge < -0.3 is 15.8 Å². The number of carbonyl (C=O) groups is 1. The maximum absolute atomic E-state index is 11.7. The van der Waals surface area contributed by atoms with Crippen molar-refractivity contribution in [3.8, 4) is 0 Å².